The Balaban J connectivity index is 0.780. The van der Waals surface area contributed by atoms with E-state index in [1.54, 1.807) is 13.1 Å². The number of fused-ring (bicyclic) bond motifs is 1. The largest absolute Gasteiger partial charge is 0.374 e. The van der Waals surface area contributed by atoms with Crippen LogP contribution in [0.5, 0.6) is 0 Å². The number of likely N-dealkylation sites (tertiary alicyclic amines) is 2. The molecule has 3 aromatic heterocycles. The van der Waals surface area contributed by atoms with Gasteiger partial charge in [0.1, 0.15) is 18.3 Å². The number of hydrogen-bond donors (Lipinski definition) is 3. The predicted octanol–water partition coefficient (Wildman–Crippen LogP) is 4.30. The van der Waals surface area contributed by atoms with E-state index < -0.39 is 27.0 Å². The maximum atomic E-state index is 13.5. The fourth-order valence-electron chi connectivity index (χ4n) is 9.25. The Hall–Kier alpha value is -5.38. The first-order valence-electron chi connectivity index (χ1n) is 21.4. The van der Waals surface area contributed by atoms with Crippen molar-refractivity contribution in [2.75, 3.05) is 64.2 Å². The van der Waals surface area contributed by atoms with Crippen molar-refractivity contribution in [2.45, 2.75) is 69.7 Å². The number of aliphatic hydroxyl groups is 1. The SMILES string of the molecule is CC(=O)N1CCN(C2=CC=C(c3cc(-c4cnn(C5CCN(C(=O)CN6CCC(c7ccc(NC8CCC(O)NC8=O)cc7)CC6)CC5)c4)cn4ncc(C#N)c34)C=I2)CC1. The summed E-state index contributed by atoms with van der Waals surface area (Å²) in [4.78, 5) is 46.1. The summed E-state index contributed by atoms with van der Waals surface area (Å²) in [5.41, 5.74) is 7.54. The van der Waals surface area contributed by atoms with Gasteiger partial charge in [0.15, 0.2) is 0 Å². The predicted molar refractivity (Wildman–Crippen MR) is 242 cm³/mol. The van der Waals surface area contributed by atoms with Crippen LogP contribution in [0, 0.1) is 11.3 Å². The fourth-order valence-corrected chi connectivity index (χ4v) is 11.7. The molecule has 9 rings (SSSR count). The van der Waals surface area contributed by atoms with Crippen molar-refractivity contribution >= 4 is 59.2 Å². The summed E-state index contributed by atoms with van der Waals surface area (Å²) >= 11 is -0.415. The van der Waals surface area contributed by atoms with Crippen LogP contribution in [-0.2, 0) is 14.4 Å². The van der Waals surface area contributed by atoms with Crippen LogP contribution in [0.3, 0.4) is 0 Å². The molecular weight excluding hydrogens is 885 g/mol. The van der Waals surface area contributed by atoms with Crippen LogP contribution in [0.15, 0.2) is 71.0 Å². The van der Waals surface area contributed by atoms with Crippen LogP contribution in [-0.4, -0.2) is 137 Å². The number of hydrogen-bond acceptors (Lipinski definition) is 10. The van der Waals surface area contributed by atoms with E-state index in [-0.39, 0.29) is 29.8 Å². The minimum absolute atomic E-state index is 0.133. The molecule has 318 valence electrons. The summed E-state index contributed by atoms with van der Waals surface area (Å²) < 4.78 is 7.53. The van der Waals surface area contributed by atoms with Crippen molar-refractivity contribution in [1.82, 2.24) is 44.3 Å². The highest BCUT2D eigenvalue weighted by Crippen LogP contribution is 2.35. The number of pyridine rings is 1. The number of allylic oxidation sites excluding steroid dienone is 3. The Kier molecular flexibility index (Phi) is 12.0. The van der Waals surface area contributed by atoms with Gasteiger partial charge in [-0.15, -0.1) is 0 Å². The highest BCUT2D eigenvalue weighted by Gasteiger charge is 2.29. The summed E-state index contributed by atoms with van der Waals surface area (Å²) in [6.07, 6.45) is 16.0. The van der Waals surface area contributed by atoms with E-state index >= 15 is 0 Å². The van der Waals surface area contributed by atoms with Crippen LogP contribution >= 0.6 is 20.7 Å². The molecular formula is C45H52IN11O4. The Morgan fingerprint density at radius 1 is 0.902 bits per heavy atom. The number of nitrogens with zero attached hydrogens (tertiary/aromatic N) is 9. The zero-order chi connectivity index (χ0) is 42.0. The number of aromatic nitrogens is 4. The van der Waals surface area contributed by atoms with Crippen LogP contribution in [0.1, 0.15) is 74.1 Å². The number of piperazine rings is 1. The highest BCUT2D eigenvalue weighted by atomic mass is 127. The molecule has 2 unspecified atom stereocenters. The van der Waals surface area contributed by atoms with E-state index in [9.17, 15) is 24.8 Å². The quantitative estimate of drug-likeness (QED) is 0.163. The molecule has 5 aliphatic heterocycles. The van der Waals surface area contributed by atoms with E-state index in [0.29, 0.717) is 44.0 Å². The number of piperidine rings is 3. The lowest BCUT2D eigenvalue weighted by molar-refractivity contribution is -0.134. The van der Waals surface area contributed by atoms with Gasteiger partial charge < -0.3 is 30.4 Å². The molecule has 4 aromatic rings. The first-order valence-corrected chi connectivity index (χ1v) is 23.7. The average molecular weight is 938 g/mol. The van der Waals surface area contributed by atoms with Crippen molar-refractivity contribution in [2.24, 2.45) is 0 Å². The zero-order valence-corrected chi connectivity index (χ0v) is 36.6. The van der Waals surface area contributed by atoms with Crippen LogP contribution in [0.25, 0.3) is 22.2 Å². The van der Waals surface area contributed by atoms with Crippen LogP contribution < -0.4 is 10.6 Å². The van der Waals surface area contributed by atoms with Gasteiger partial charge in [0.2, 0.25) is 17.7 Å². The summed E-state index contributed by atoms with van der Waals surface area (Å²) in [7, 11) is 0. The normalized spacial score (nSPS) is 22.0. The van der Waals surface area contributed by atoms with Crippen molar-refractivity contribution in [3.63, 3.8) is 0 Å². The molecule has 4 saturated heterocycles. The number of nitrogens with one attached hydrogen (secondary N) is 2. The maximum absolute atomic E-state index is 13.5. The third-order valence-corrected chi connectivity index (χ3v) is 15.6. The summed E-state index contributed by atoms with van der Waals surface area (Å²) in [6.45, 7) is 8.44. The smallest absolute Gasteiger partial charge is 0.244 e. The molecule has 3 N–H and O–H groups in total. The number of carbonyl (C=O) groups is 3. The van der Waals surface area contributed by atoms with Crippen molar-refractivity contribution in [3.05, 3.63) is 87.7 Å². The molecule has 61 heavy (non-hydrogen) atoms. The molecule has 0 aliphatic carbocycles. The fraction of sp³-hybridized carbons (Fsp3) is 0.444. The molecule has 0 spiro atoms. The van der Waals surface area contributed by atoms with Gasteiger partial charge in [-0.1, -0.05) is 38.9 Å². The molecule has 5 aliphatic rings. The molecule has 1 aromatic carbocycles. The average Bonchev–Trinajstić information content (AvgIpc) is 3.96. The molecule has 2 atom stereocenters. The van der Waals surface area contributed by atoms with Gasteiger partial charge in [-0.3, -0.25) is 24.0 Å². The minimum Gasteiger partial charge on any atom is -0.374 e. The van der Waals surface area contributed by atoms with Crippen molar-refractivity contribution in [3.8, 4) is 17.2 Å². The summed E-state index contributed by atoms with van der Waals surface area (Å²) in [5.74, 6) is 0.591. The first kappa shape index (κ1) is 41.0. The molecule has 15 nitrogen and oxygen atoms in total. The Morgan fingerprint density at radius 3 is 2.36 bits per heavy atom. The van der Waals surface area contributed by atoms with E-state index in [2.05, 4.69) is 76.8 Å². The second-order valence-electron chi connectivity index (χ2n) is 16.7. The number of amides is 3. The van der Waals surface area contributed by atoms with Gasteiger partial charge in [-0.2, -0.15) is 15.5 Å². The Labute approximate surface area is 365 Å². The first-order chi connectivity index (χ1) is 29.7. The molecule has 0 bridgehead atoms. The highest BCUT2D eigenvalue weighted by molar-refractivity contribution is 14.2. The van der Waals surface area contributed by atoms with Crippen LogP contribution in [0.2, 0.25) is 0 Å². The number of aliphatic hydroxyl groups excluding tert-OH is 1. The van der Waals surface area contributed by atoms with Crippen molar-refractivity contribution in [1.29, 1.82) is 5.26 Å². The zero-order valence-electron chi connectivity index (χ0n) is 34.4. The topological polar surface area (TPSA) is 167 Å². The Morgan fingerprint density at radius 2 is 1.67 bits per heavy atom. The minimum atomic E-state index is -0.758. The number of carbonyl (C=O) groups excluding carboxylic acids is 3. The summed E-state index contributed by atoms with van der Waals surface area (Å²) in [6, 6.07) is 12.7. The number of nitriles is 1. The van der Waals surface area contributed by atoms with E-state index in [4.69, 9.17) is 5.10 Å². The lowest BCUT2D eigenvalue weighted by Gasteiger charge is -2.36. The molecule has 16 heteroatoms. The molecule has 4 fully saturated rings. The van der Waals surface area contributed by atoms with E-state index in [1.807, 2.05) is 38.8 Å². The second kappa shape index (κ2) is 17.9. The van der Waals surface area contributed by atoms with Gasteiger partial charge in [-0.05, 0) is 97.0 Å². The lowest BCUT2D eigenvalue weighted by Crippen LogP contribution is -2.49. The second-order valence-corrected chi connectivity index (χ2v) is 19.1. The molecule has 3 amide bonds. The van der Waals surface area contributed by atoms with Gasteiger partial charge in [0.25, 0.3) is 0 Å². The Bertz CT molecular complexity index is 2420. The third kappa shape index (κ3) is 9.00. The van der Waals surface area contributed by atoms with E-state index in [1.165, 1.54) is 9.27 Å². The van der Waals surface area contributed by atoms with Crippen molar-refractivity contribution < 1.29 is 19.5 Å². The number of anilines is 1. The monoisotopic (exact) mass is 937 g/mol. The van der Waals surface area contributed by atoms with Gasteiger partial charge in [0.05, 0.1) is 39.8 Å². The lowest BCUT2D eigenvalue weighted by atomic mass is 9.89. The van der Waals surface area contributed by atoms with Gasteiger partial charge >= 0.3 is 0 Å². The van der Waals surface area contributed by atoms with Gasteiger partial charge in [-0.25, -0.2) is 4.52 Å². The maximum Gasteiger partial charge on any atom is 0.244 e. The molecule has 8 heterocycles. The number of halogens is 1. The third-order valence-electron chi connectivity index (χ3n) is 12.9. The summed E-state index contributed by atoms with van der Waals surface area (Å²) in [5, 5.41) is 34.9. The van der Waals surface area contributed by atoms with Crippen LogP contribution in [0.4, 0.5) is 5.69 Å². The number of benzene rings is 1. The number of rotatable bonds is 9. The standard InChI is InChI=1S/C45H52IN11O4/c1-30(58)53-18-20-54(21-19-53)41-8-4-33(23-46-41)39-22-34(27-57-44(39)35(24-47)25-49-57)36-26-48-56(28-36)38-12-16-55(17-13-38)43(60)29-52-14-10-32(11-15-52)31-2-5-37(6-3-31)50-40-7-9-42(59)51-45(40)61/h2-6,8,22-23,25-28,32,38,40,42,50,59H,7,9-21,29H2,1H3,(H,51,61). The molecule has 0 radical (unpaired) electrons. The van der Waals surface area contributed by atoms with E-state index in [0.717, 1.165) is 98.4 Å². The van der Waals surface area contributed by atoms with Gasteiger partial charge in [0, 0.05) is 81.0 Å². The molecule has 0 saturated carbocycles.